The normalized spacial score (nSPS) is 9.84. The maximum atomic E-state index is 12.0. The molecule has 0 aliphatic heterocycles. The molecule has 2 N–H and O–H groups in total. The van der Waals surface area contributed by atoms with Crippen molar-refractivity contribution in [1.82, 2.24) is 10.9 Å². The van der Waals surface area contributed by atoms with Crippen LogP contribution in [0.2, 0.25) is 0 Å². The molecule has 0 atom stereocenters. The van der Waals surface area contributed by atoms with Crippen molar-refractivity contribution in [3.8, 4) is 5.75 Å². The Hall–Kier alpha value is -3.35. The molecule has 2 amide bonds. The van der Waals surface area contributed by atoms with Crippen LogP contribution in [0.15, 0.2) is 48.5 Å². The average Bonchev–Trinajstić information content (AvgIpc) is 2.66. The molecule has 0 aromatic heterocycles. The van der Waals surface area contributed by atoms with E-state index in [1.807, 2.05) is 0 Å². The van der Waals surface area contributed by atoms with Gasteiger partial charge in [-0.05, 0) is 42.0 Å². The minimum absolute atomic E-state index is 0.117. The average molecular weight is 342 g/mol. The van der Waals surface area contributed by atoms with Gasteiger partial charge in [-0.1, -0.05) is 12.1 Å². The van der Waals surface area contributed by atoms with E-state index in [-0.39, 0.29) is 12.3 Å². The molecule has 0 unspecified atom stereocenters. The number of nitrogens with one attached hydrogen (secondary N) is 2. The molecule has 2 aromatic rings. The number of rotatable bonds is 5. The third kappa shape index (κ3) is 5.07. The van der Waals surface area contributed by atoms with E-state index < -0.39 is 11.9 Å². The Balaban J connectivity index is 1.86. The highest BCUT2D eigenvalue weighted by atomic mass is 16.5. The first-order chi connectivity index (χ1) is 12.0. The number of carbonyl (C=O) groups excluding carboxylic acids is 3. The SMILES string of the molecule is COC(=O)c1ccc(C(=O)NNC(=O)Cc2ccc(OC)cc2)cc1. The number of amides is 2. The molecule has 0 radical (unpaired) electrons. The zero-order valence-corrected chi connectivity index (χ0v) is 13.9. The van der Waals surface area contributed by atoms with Crippen molar-refractivity contribution >= 4 is 17.8 Å². The number of ether oxygens (including phenoxy) is 2. The Bertz CT molecular complexity index is 754. The number of hydrazine groups is 1. The number of benzene rings is 2. The maximum Gasteiger partial charge on any atom is 0.337 e. The Labute approximate surface area is 144 Å². The van der Waals surface area contributed by atoms with Crippen molar-refractivity contribution in [3.63, 3.8) is 0 Å². The molecule has 0 aliphatic carbocycles. The summed E-state index contributed by atoms with van der Waals surface area (Å²) in [6.45, 7) is 0. The molecule has 7 heteroatoms. The van der Waals surface area contributed by atoms with Crippen LogP contribution in [0.5, 0.6) is 5.75 Å². The highest BCUT2D eigenvalue weighted by Crippen LogP contribution is 2.11. The second-order valence-corrected chi connectivity index (χ2v) is 5.10. The first-order valence-corrected chi connectivity index (χ1v) is 7.44. The Kier molecular flexibility index (Phi) is 6.11. The summed E-state index contributed by atoms with van der Waals surface area (Å²) in [7, 11) is 2.84. The fourth-order valence-electron chi connectivity index (χ4n) is 2.05. The minimum atomic E-state index is -0.487. The summed E-state index contributed by atoms with van der Waals surface area (Å²) in [4.78, 5) is 35.2. The molecule has 0 saturated carbocycles. The van der Waals surface area contributed by atoms with Crippen molar-refractivity contribution < 1.29 is 23.9 Å². The predicted octanol–water partition coefficient (Wildman–Crippen LogP) is 1.49. The van der Waals surface area contributed by atoms with Crippen molar-refractivity contribution in [3.05, 3.63) is 65.2 Å². The molecule has 0 aliphatic rings. The zero-order chi connectivity index (χ0) is 18.2. The highest BCUT2D eigenvalue weighted by molar-refractivity contribution is 5.97. The van der Waals surface area contributed by atoms with E-state index in [1.165, 1.54) is 31.4 Å². The van der Waals surface area contributed by atoms with Gasteiger partial charge in [0.2, 0.25) is 5.91 Å². The fourth-order valence-corrected chi connectivity index (χ4v) is 2.05. The van der Waals surface area contributed by atoms with Gasteiger partial charge in [-0.2, -0.15) is 0 Å². The second-order valence-electron chi connectivity index (χ2n) is 5.10. The van der Waals surface area contributed by atoms with Crippen LogP contribution in [0, 0.1) is 0 Å². The quantitative estimate of drug-likeness (QED) is 0.634. The first kappa shape index (κ1) is 18.0. The molecule has 7 nitrogen and oxygen atoms in total. The molecular formula is C18H18N2O5. The van der Waals surface area contributed by atoms with Gasteiger partial charge in [0.15, 0.2) is 0 Å². The number of hydrogen-bond donors (Lipinski definition) is 2. The molecule has 0 spiro atoms. The molecule has 0 heterocycles. The van der Waals surface area contributed by atoms with E-state index in [0.29, 0.717) is 16.9 Å². The van der Waals surface area contributed by atoms with Crippen LogP contribution in [0.4, 0.5) is 0 Å². The first-order valence-electron chi connectivity index (χ1n) is 7.44. The summed E-state index contributed by atoms with van der Waals surface area (Å²) >= 11 is 0. The van der Waals surface area contributed by atoms with E-state index in [1.54, 1.807) is 31.4 Å². The summed E-state index contributed by atoms with van der Waals surface area (Å²) in [5.74, 6) is -0.628. The number of carbonyl (C=O) groups is 3. The predicted molar refractivity (Wildman–Crippen MR) is 90.1 cm³/mol. The standard InChI is InChI=1S/C18H18N2O5/c1-24-15-9-3-12(4-10-15)11-16(21)19-20-17(22)13-5-7-14(8-6-13)18(23)25-2/h3-10H,11H2,1-2H3,(H,19,21)(H,20,22). The Morgan fingerprint density at radius 1 is 0.840 bits per heavy atom. The van der Waals surface area contributed by atoms with Crippen LogP contribution < -0.4 is 15.6 Å². The van der Waals surface area contributed by atoms with E-state index in [2.05, 4.69) is 15.6 Å². The molecule has 130 valence electrons. The van der Waals surface area contributed by atoms with Crippen LogP contribution in [0.1, 0.15) is 26.3 Å². The van der Waals surface area contributed by atoms with Crippen LogP contribution in [0.25, 0.3) is 0 Å². The van der Waals surface area contributed by atoms with Gasteiger partial charge in [0, 0.05) is 5.56 Å². The Morgan fingerprint density at radius 2 is 1.44 bits per heavy atom. The maximum absolute atomic E-state index is 12.0. The molecule has 2 aromatic carbocycles. The molecule has 2 rings (SSSR count). The van der Waals surface area contributed by atoms with Gasteiger partial charge < -0.3 is 9.47 Å². The lowest BCUT2D eigenvalue weighted by molar-refractivity contribution is -0.121. The van der Waals surface area contributed by atoms with Crippen molar-refractivity contribution in [2.24, 2.45) is 0 Å². The fraction of sp³-hybridized carbons (Fsp3) is 0.167. The molecule has 25 heavy (non-hydrogen) atoms. The van der Waals surface area contributed by atoms with Crippen LogP contribution in [-0.4, -0.2) is 32.0 Å². The summed E-state index contributed by atoms with van der Waals surface area (Å²) < 4.78 is 9.63. The number of methoxy groups -OCH3 is 2. The smallest absolute Gasteiger partial charge is 0.337 e. The summed E-state index contributed by atoms with van der Waals surface area (Å²) in [6, 6.07) is 12.9. The van der Waals surface area contributed by atoms with Gasteiger partial charge in [-0.25, -0.2) is 4.79 Å². The summed E-state index contributed by atoms with van der Waals surface area (Å²) in [5, 5.41) is 0. The molecule has 0 bridgehead atoms. The minimum Gasteiger partial charge on any atom is -0.497 e. The number of hydrogen-bond acceptors (Lipinski definition) is 5. The molecule has 0 saturated heterocycles. The lowest BCUT2D eigenvalue weighted by atomic mass is 10.1. The van der Waals surface area contributed by atoms with Gasteiger partial charge in [0.25, 0.3) is 5.91 Å². The van der Waals surface area contributed by atoms with Gasteiger partial charge in [0.1, 0.15) is 5.75 Å². The molecule has 0 fully saturated rings. The van der Waals surface area contributed by atoms with Crippen LogP contribution in [-0.2, 0) is 16.0 Å². The third-order valence-electron chi connectivity index (χ3n) is 3.41. The monoisotopic (exact) mass is 342 g/mol. The summed E-state index contributed by atoms with van der Waals surface area (Å²) in [6.07, 6.45) is 0.117. The van der Waals surface area contributed by atoms with Crippen LogP contribution in [0.3, 0.4) is 0 Å². The van der Waals surface area contributed by atoms with E-state index in [0.717, 1.165) is 5.56 Å². The van der Waals surface area contributed by atoms with E-state index in [9.17, 15) is 14.4 Å². The van der Waals surface area contributed by atoms with E-state index >= 15 is 0 Å². The lowest BCUT2D eigenvalue weighted by Gasteiger charge is -2.08. The van der Waals surface area contributed by atoms with Crippen molar-refractivity contribution in [2.45, 2.75) is 6.42 Å². The largest absolute Gasteiger partial charge is 0.497 e. The van der Waals surface area contributed by atoms with Crippen LogP contribution >= 0.6 is 0 Å². The van der Waals surface area contributed by atoms with Crippen molar-refractivity contribution in [2.75, 3.05) is 14.2 Å². The van der Waals surface area contributed by atoms with E-state index in [4.69, 9.17) is 4.74 Å². The van der Waals surface area contributed by atoms with Gasteiger partial charge >= 0.3 is 5.97 Å². The van der Waals surface area contributed by atoms with Crippen molar-refractivity contribution in [1.29, 1.82) is 0 Å². The summed E-state index contributed by atoms with van der Waals surface area (Å²) in [5.41, 5.74) is 6.10. The lowest BCUT2D eigenvalue weighted by Crippen LogP contribution is -2.42. The van der Waals surface area contributed by atoms with Gasteiger partial charge in [-0.15, -0.1) is 0 Å². The molecular weight excluding hydrogens is 324 g/mol. The highest BCUT2D eigenvalue weighted by Gasteiger charge is 2.10. The number of esters is 1. The Morgan fingerprint density at radius 3 is 2.00 bits per heavy atom. The third-order valence-corrected chi connectivity index (χ3v) is 3.41. The zero-order valence-electron chi connectivity index (χ0n) is 13.9. The second kappa shape index (κ2) is 8.49. The van der Waals surface area contributed by atoms with Gasteiger partial charge in [-0.3, -0.25) is 20.4 Å². The van der Waals surface area contributed by atoms with Gasteiger partial charge in [0.05, 0.1) is 26.2 Å². The topological polar surface area (TPSA) is 93.7 Å².